The fraction of sp³-hybridized carbons (Fsp3) is 0.107. The number of aldehydes is 1. The predicted octanol–water partition coefficient (Wildman–Crippen LogP) is 5.39. The summed E-state index contributed by atoms with van der Waals surface area (Å²) in [4.78, 5) is 12.1. The summed E-state index contributed by atoms with van der Waals surface area (Å²) in [7, 11) is 0. The zero-order chi connectivity index (χ0) is 22.6. The Hall–Kier alpha value is -4.05. The van der Waals surface area contributed by atoms with Gasteiger partial charge >= 0.3 is 0 Å². The number of benzene rings is 4. The zero-order valence-electron chi connectivity index (χ0n) is 17.5. The number of para-hydroxylation sites is 1. The molecule has 0 aliphatic rings. The number of rotatable bonds is 7. The summed E-state index contributed by atoms with van der Waals surface area (Å²) in [6.45, 7) is 0. The number of hydrogen-bond donors (Lipinski definition) is 3. The molecule has 0 amide bonds. The van der Waals surface area contributed by atoms with E-state index in [9.17, 15) is 20.1 Å². The number of phenols is 3. The van der Waals surface area contributed by atoms with Crippen LogP contribution in [0.25, 0.3) is 0 Å². The van der Waals surface area contributed by atoms with Crippen molar-refractivity contribution in [3.63, 3.8) is 0 Å². The second-order valence-electron chi connectivity index (χ2n) is 7.99. The monoisotopic (exact) mass is 424 g/mol. The average Bonchev–Trinajstić information content (AvgIpc) is 2.82. The van der Waals surface area contributed by atoms with Gasteiger partial charge in [-0.15, -0.1) is 0 Å². The maximum Gasteiger partial charge on any atom is 0.150 e. The van der Waals surface area contributed by atoms with Crippen LogP contribution in [0.1, 0.15) is 32.6 Å². The van der Waals surface area contributed by atoms with Crippen LogP contribution >= 0.6 is 0 Å². The molecule has 0 atom stereocenters. The van der Waals surface area contributed by atoms with Crippen LogP contribution in [0.5, 0.6) is 17.2 Å². The van der Waals surface area contributed by atoms with Crippen LogP contribution < -0.4 is 0 Å². The molecular formula is C28H24O4. The molecule has 4 aromatic carbocycles. The summed E-state index contributed by atoms with van der Waals surface area (Å²) in [5, 5.41) is 30.5. The van der Waals surface area contributed by atoms with Gasteiger partial charge in [0.25, 0.3) is 0 Å². The summed E-state index contributed by atoms with van der Waals surface area (Å²) < 4.78 is 0. The largest absolute Gasteiger partial charge is 0.508 e. The minimum Gasteiger partial charge on any atom is -0.508 e. The first-order chi connectivity index (χ1) is 15.5. The Labute approximate surface area is 187 Å². The standard InChI is InChI=1S/C28H24O4/c29-19-22-5-1-2-6-25(22)28(26-7-3-4-8-27(26)32,17-20-9-13-23(30)14-10-20)18-21-11-15-24(31)16-12-21/h1-16,19,30-32H,17-18H2. The van der Waals surface area contributed by atoms with Crippen molar-refractivity contribution in [3.8, 4) is 17.2 Å². The minimum atomic E-state index is -0.781. The molecule has 0 saturated heterocycles. The SMILES string of the molecule is O=Cc1ccccc1C(Cc1ccc(O)cc1)(Cc1ccc(O)cc1)c1ccccc1O. The van der Waals surface area contributed by atoms with E-state index in [1.165, 1.54) is 0 Å². The predicted molar refractivity (Wildman–Crippen MR) is 124 cm³/mol. The van der Waals surface area contributed by atoms with Gasteiger partial charge in [-0.2, -0.15) is 0 Å². The number of phenolic OH excluding ortho intramolecular Hbond substituents is 3. The maximum absolute atomic E-state index is 12.1. The smallest absolute Gasteiger partial charge is 0.150 e. The van der Waals surface area contributed by atoms with Gasteiger partial charge in [-0.1, -0.05) is 66.7 Å². The van der Waals surface area contributed by atoms with Gasteiger partial charge in [-0.3, -0.25) is 4.79 Å². The molecule has 32 heavy (non-hydrogen) atoms. The van der Waals surface area contributed by atoms with Crippen molar-refractivity contribution in [2.45, 2.75) is 18.3 Å². The number of hydrogen-bond acceptors (Lipinski definition) is 4. The third-order valence-corrected chi connectivity index (χ3v) is 5.91. The lowest BCUT2D eigenvalue weighted by atomic mass is 9.65. The van der Waals surface area contributed by atoms with Gasteiger partial charge < -0.3 is 15.3 Å². The summed E-state index contributed by atoms with van der Waals surface area (Å²) >= 11 is 0. The van der Waals surface area contributed by atoms with E-state index in [1.54, 1.807) is 42.5 Å². The molecule has 0 bridgehead atoms. The molecule has 0 heterocycles. The van der Waals surface area contributed by atoms with Crippen LogP contribution in [0, 0.1) is 0 Å². The lowest BCUT2D eigenvalue weighted by molar-refractivity contribution is 0.112. The highest BCUT2D eigenvalue weighted by atomic mass is 16.3. The Bertz CT molecular complexity index is 1160. The van der Waals surface area contributed by atoms with Crippen LogP contribution in [-0.2, 0) is 18.3 Å². The number of carbonyl (C=O) groups is 1. The molecule has 0 saturated carbocycles. The Balaban J connectivity index is 2.00. The van der Waals surface area contributed by atoms with Gasteiger partial charge in [0.1, 0.15) is 23.5 Å². The molecule has 0 unspecified atom stereocenters. The van der Waals surface area contributed by atoms with E-state index in [-0.39, 0.29) is 17.2 Å². The lowest BCUT2D eigenvalue weighted by Gasteiger charge is -2.37. The Morgan fingerprint density at radius 1 is 0.594 bits per heavy atom. The highest BCUT2D eigenvalue weighted by Crippen LogP contribution is 2.44. The molecule has 0 radical (unpaired) electrons. The van der Waals surface area contributed by atoms with Crippen molar-refractivity contribution in [1.29, 1.82) is 0 Å². The third-order valence-electron chi connectivity index (χ3n) is 5.91. The lowest BCUT2D eigenvalue weighted by Crippen LogP contribution is -2.34. The van der Waals surface area contributed by atoms with Crippen molar-refractivity contribution in [1.82, 2.24) is 0 Å². The van der Waals surface area contributed by atoms with Gasteiger partial charge in [0, 0.05) is 16.5 Å². The third kappa shape index (κ3) is 4.21. The van der Waals surface area contributed by atoms with E-state index in [0.29, 0.717) is 24.0 Å². The maximum atomic E-state index is 12.1. The second kappa shape index (κ2) is 8.98. The Kier molecular flexibility index (Phi) is 5.95. The molecule has 4 nitrogen and oxygen atoms in total. The van der Waals surface area contributed by atoms with E-state index in [0.717, 1.165) is 23.0 Å². The van der Waals surface area contributed by atoms with Crippen molar-refractivity contribution in [3.05, 3.63) is 125 Å². The summed E-state index contributed by atoms with van der Waals surface area (Å²) in [6.07, 6.45) is 1.81. The van der Waals surface area contributed by atoms with E-state index in [4.69, 9.17) is 0 Å². The van der Waals surface area contributed by atoms with Crippen molar-refractivity contribution in [2.75, 3.05) is 0 Å². The van der Waals surface area contributed by atoms with E-state index < -0.39 is 5.41 Å². The highest BCUT2D eigenvalue weighted by Gasteiger charge is 2.38. The molecule has 4 aromatic rings. The molecular weight excluding hydrogens is 400 g/mol. The molecule has 0 aliphatic carbocycles. The number of carbonyl (C=O) groups excluding carboxylic acids is 1. The fourth-order valence-electron chi connectivity index (χ4n) is 4.43. The fourth-order valence-corrected chi connectivity index (χ4v) is 4.43. The molecule has 0 aliphatic heterocycles. The average molecular weight is 424 g/mol. The summed E-state index contributed by atoms with van der Waals surface area (Å²) in [6, 6.07) is 28.6. The van der Waals surface area contributed by atoms with Crippen molar-refractivity contribution >= 4 is 6.29 Å². The van der Waals surface area contributed by atoms with Crippen molar-refractivity contribution < 1.29 is 20.1 Å². The van der Waals surface area contributed by atoms with Crippen LogP contribution in [0.3, 0.4) is 0 Å². The van der Waals surface area contributed by atoms with E-state index >= 15 is 0 Å². The van der Waals surface area contributed by atoms with E-state index in [1.807, 2.05) is 54.6 Å². The molecule has 3 N–H and O–H groups in total. The van der Waals surface area contributed by atoms with Crippen LogP contribution in [0.15, 0.2) is 97.1 Å². The molecule has 0 spiro atoms. The van der Waals surface area contributed by atoms with Crippen LogP contribution in [0.4, 0.5) is 0 Å². The quantitative estimate of drug-likeness (QED) is 0.348. The number of aromatic hydroxyl groups is 3. The van der Waals surface area contributed by atoms with Crippen molar-refractivity contribution in [2.24, 2.45) is 0 Å². The molecule has 0 aromatic heterocycles. The Morgan fingerprint density at radius 3 is 1.56 bits per heavy atom. The van der Waals surface area contributed by atoms with Gasteiger partial charge in [-0.25, -0.2) is 0 Å². The molecule has 4 heteroatoms. The molecule has 0 fully saturated rings. The van der Waals surface area contributed by atoms with Gasteiger partial charge in [0.05, 0.1) is 0 Å². The topological polar surface area (TPSA) is 77.8 Å². The summed E-state index contributed by atoms with van der Waals surface area (Å²) in [5.74, 6) is 0.494. The van der Waals surface area contributed by atoms with Gasteiger partial charge in [0.15, 0.2) is 0 Å². The van der Waals surface area contributed by atoms with Crippen LogP contribution in [0.2, 0.25) is 0 Å². The second-order valence-corrected chi connectivity index (χ2v) is 7.99. The minimum absolute atomic E-state index is 0.144. The molecule has 4 rings (SSSR count). The summed E-state index contributed by atoms with van der Waals surface area (Å²) in [5.41, 5.74) is 3.18. The normalized spacial score (nSPS) is 11.2. The molecule has 160 valence electrons. The zero-order valence-corrected chi connectivity index (χ0v) is 17.5. The van der Waals surface area contributed by atoms with Crippen LogP contribution in [-0.4, -0.2) is 21.6 Å². The first kappa shape index (κ1) is 21.2. The van der Waals surface area contributed by atoms with E-state index in [2.05, 4.69) is 0 Å². The highest BCUT2D eigenvalue weighted by molar-refractivity contribution is 5.79. The van der Waals surface area contributed by atoms with Gasteiger partial charge in [0.2, 0.25) is 0 Å². The first-order valence-electron chi connectivity index (χ1n) is 10.4. The Morgan fingerprint density at radius 2 is 1.06 bits per heavy atom. The van der Waals surface area contributed by atoms with Gasteiger partial charge in [-0.05, 0) is 59.9 Å². The first-order valence-corrected chi connectivity index (χ1v) is 10.4.